The highest BCUT2D eigenvalue weighted by atomic mass is 19.1. The highest BCUT2D eigenvalue weighted by molar-refractivity contribution is 5.48. The van der Waals surface area contributed by atoms with Crippen molar-refractivity contribution in [3.8, 4) is 6.07 Å². The van der Waals surface area contributed by atoms with Crippen LogP contribution < -0.4 is 5.32 Å². The molecule has 0 heterocycles. The molecule has 1 aromatic rings. The van der Waals surface area contributed by atoms with E-state index in [2.05, 4.69) is 5.32 Å². The lowest BCUT2D eigenvalue weighted by Crippen LogP contribution is -2.12. The number of hydrogen-bond donors (Lipinski definition) is 1. The van der Waals surface area contributed by atoms with Crippen LogP contribution in [0.2, 0.25) is 0 Å². The number of benzene rings is 1. The van der Waals surface area contributed by atoms with Gasteiger partial charge in [0.2, 0.25) is 0 Å². The van der Waals surface area contributed by atoms with Gasteiger partial charge in [0.15, 0.2) is 0 Å². The predicted octanol–water partition coefficient (Wildman–Crippen LogP) is 4.08. The van der Waals surface area contributed by atoms with E-state index in [4.69, 9.17) is 5.26 Å². The molecule has 0 radical (unpaired) electrons. The SMILES string of the molecule is N#Cc1ccc(NCCC2CCCCC2)c(F)c1. The monoisotopic (exact) mass is 246 g/mol. The van der Waals surface area contributed by atoms with E-state index in [0.29, 0.717) is 11.3 Å². The summed E-state index contributed by atoms with van der Waals surface area (Å²) in [6, 6.07) is 6.51. The molecule has 0 aliphatic heterocycles. The zero-order valence-electron chi connectivity index (χ0n) is 10.6. The van der Waals surface area contributed by atoms with Crippen molar-refractivity contribution in [1.29, 1.82) is 5.26 Å². The molecular formula is C15H19FN2. The van der Waals surface area contributed by atoms with Gasteiger partial charge in [-0.1, -0.05) is 32.1 Å². The normalized spacial score (nSPS) is 16.2. The van der Waals surface area contributed by atoms with Gasteiger partial charge in [-0.2, -0.15) is 5.26 Å². The van der Waals surface area contributed by atoms with Gasteiger partial charge in [0.25, 0.3) is 0 Å². The largest absolute Gasteiger partial charge is 0.383 e. The fraction of sp³-hybridized carbons (Fsp3) is 0.533. The third-order valence-corrected chi connectivity index (χ3v) is 3.69. The van der Waals surface area contributed by atoms with Crippen LogP contribution in [-0.2, 0) is 0 Å². The Labute approximate surface area is 108 Å². The Kier molecular flexibility index (Phi) is 4.58. The maximum absolute atomic E-state index is 13.6. The first-order valence-electron chi connectivity index (χ1n) is 6.73. The Bertz CT molecular complexity index is 431. The quantitative estimate of drug-likeness (QED) is 0.868. The molecule has 0 unspecified atom stereocenters. The maximum Gasteiger partial charge on any atom is 0.147 e. The minimum absolute atomic E-state index is 0.335. The van der Waals surface area contributed by atoms with Gasteiger partial charge in [0, 0.05) is 6.54 Å². The van der Waals surface area contributed by atoms with E-state index in [0.717, 1.165) is 18.9 Å². The van der Waals surface area contributed by atoms with Crippen LogP contribution in [0, 0.1) is 23.1 Å². The van der Waals surface area contributed by atoms with Crippen LogP contribution in [0.15, 0.2) is 18.2 Å². The molecule has 2 nitrogen and oxygen atoms in total. The summed E-state index contributed by atoms with van der Waals surface area (Å²) >= 11 is 0. The summed E-state index contributed by atoms with van der Waals surface area (Å²) in [4.78, 5) is 0. The maximum atomic E-state index is 13.6. The minimum Gasteiger partial charge on any atom is -0.383 e. The molecule has 1 N–H and O–H groups in total. The second kappa shape index (κ2) is 6.39. The lowest BCUT2D eigenvalue weighted by Gasteiger charge is -2.21. The van der Waals surface area contributed by atoms with Crippen LogP contribution in [0.1, 0.15) is 44.1 Å². The predicted molar refractivity (Wildman–Crippen MR) is 70.8 cm³/mol. The summed E-state index contributed by atoms with van der Waals surface area (Å²) < 4.78 is 13.6. The molecule has 1 aliphatic carbocycles. The van der Waals surface area contributed by atoms with E-state index in [1.807, 2.05) is 6.07 Å². The van der Waals surface area contributed by atoms with Gasteiger partial charge >= 0.3 is 0 Å². The minimum atomic E-state index is -0.335. The molecule has 0 bridgehead atoms. The van der Waals surface area contributed by atoms with Gasteiger partial charge in [-0.05, 0) is 30.5 Å². The Balaban J connectivity index is 1.81. The Morgan fingerprint density at radius 3 is 2.72 bits per heavy atom. The summed E-state index contributed by atoms with van der Waals surface area (Å²) in [5.41, 5.74) is 0.870. The summed E-state index contributed by atoms with van der Waals surface area (Å²) in [7, 11) is 0. The molecule has 0 atom stereocenters. The average Bonchev–Trinajstić information content (AvgIpc) is 2.42. The van der Waals surface area contributed by atoms with Crippen molar-refractivity contribution in [3.63, 3.8) is 0 Å². The molecule has 0 saturated heterocycles. The summed E-state index contributed by atoms with van der Waals surface area (Å²) in [6.07, 6.45) is 7.80. The van der Waals surface area contributed by atoms with E-state index in [1.54, 1.807) is 12.1 Å². The fourth-order valence-corrected chi connectivity index (χ4v) is 2.61. The highest BCUT2D eigenvalue weighted by Gasteiger charge is 2.13. The number of nitrogens with one attached hydrogen (secondary N) is 1. The number of halogens is 1. The molecule has 0 spiro atoms. The van der Waals surface area contributed by atoms with Crippen LogP contribution in [0.3, 0.4) is 0 Å². The second-order valence-corrected chi connectivity index (χ2v) is 5.03. The molecule has 3 heteroatoms. The van der Waals surface area contributed by atoms with Gasteiger partial charge < -0.3 is 5.32 Å². The molecule has 1 aromatic carbocycles. The van der Waals surface area contributed by atoms with Crippen LogP contribution in [0.4, 0.5) is 10.1 Å². The van der Waals surface area contributed by atoms with Crippen molar-refractivity contribution in [1.82, 2.24) is 0 Å². The van der Waals surface area contributed by atoms with E-state index in [-0.39, 0.29) is 5.82 Å². The molecule has 18 heavy (non-hydrogen) atoms. The van der Waals surface area contributed by atoms with E-state index < -0.39 is 0 Å². The average molecular weight is 246 g/mol. The fourth-order valence-electron chi connectivity index (χ4n) is 2.61. The number of nitrogens with zero attached hydrogens (tertiary/aromatic N) is 1. The van der Waals surface area contributed by atoms with Crippen molar-refractivity contribution in [2.24, 2.45) is 5.92 Å². The molecule has 0 aromatic heterocycles. The van der Waals surface area contributed by atoms with Gasteiger partial charge in [-0.3, -0.25) is 0 Å². The second-order valence-electron chi connectivity index (χ2n) is 5.03. The lowest BCUT2D eigenvalue weighted by molar-refractivity contribution is 0.345. The van der Waals surface area contributed by atoms with Crippen LogP contribution in [-0.4, -0.2) is 6.54 Å². The molecule has 1 aliphatic rings. The zero-order valence-corrected chi connectivity index (χ0v) is 10.6. The van der Waals surface area contributed by atoms with Crippen molar-refractivity contribution >= 4 is 5.69 Å². The number of nitriles is 1. The van der Waals surface area contributed by atoms with Crippen molar-refractivity contribution in [2.45, 2.75) is 38.5 Å². The van der Waals surface area contributed by atoms with Crippen LogP contribution in [0.5, 0.6) is 0 Å². The molecule has 1 fully saturated rings. The molecule has 0 amide bonds. The summed E-state index contributed by atoms with van der Waals surface area (Å²) in [5.74, 6) is 0.463. The van der Waals surface area contributed by atoms with E-state index in [1.165, 1.54) is 38.2 Å². The number of hydrogen-bond acceptors (Lipinski definition) is 2. The van der Waals surface area contributed by atoms with Gasteiger partial charge in [-0.15, -0.1) is 0 Å². The Morgan fingerprint density at radius 1 is 1.28 bits per heavy atom. The standard InChI is InChI=1S/C15H19FN2/c16-14-10-13(11-17)6-7-15(14)18-9-8-12-4-2-1-3-5-12/h6-7,10,12,18H,1-5,8-9H2. The third-order valence-electron chi connectivity index (χ3n) is 3.69. The van der Waals surface area contributed by atoms with Crippen LogP contribution in [0.25, 0.3) is 0 Å². The third kappa shape index (κ3) is 3.46. The first kappa shape index (κ1) is 12.9. The van der Waals surface area contributed by atoms with Crippen molar-refractivity contribution < 1.29 is 4.39 Å². The summed E-state index contributed by atoms with van der Waals surface area (Å²) in [6.45, 7) is 0.813. The molecular weight excluding hydrogens is 227 g/mol. The first-order chi connectivity index (χ1) is 8.79. The Morgan fingerprint density at radius 2 is 2.06 bits per heavy atom. The van der Waals surface area contributed by atoms with Gasteiger partial charge in [-0.25, -0.2) is 4.39 Å². The van der Waals surface area contributed by atoms with Gasteiger partial charge in [0.1, 0.15) is 5.82 Å². The van der Waals surface area contributed by atoms with Crippen molar-refractivity contribution in [3.05, 3.63) is 29.6 Å². The van der Waals surface area contributed by atoms with Gasteiger partial charge in [0.05, 0.1) is 17.3 Å². The number of anilines is 1. The van der Waals surface area contributed by atoms with Crippen LogP contribution >= 0.6 is 0 Å². The summed E-state index contributed by atoms with van der Waals surface area (Å²) in [5, 5.41) is 11.8. The molecule has 96 valence electrons. The van der Waals surface area contributed by atoms with E-state index >= 15 is 0 Å². The Hall–Kier alpha value is -1.56. The smallest absolute Gasteiger partial charge is 0.147 e. The molecule has 1 saturated carbocycles. The first-order valence-corrected chi connectivity index (χ1v) is 6.73. The lowest BCUT2D eigenvalue weighted by atomic mass is 9.87. The van der Waals surface area contributed by atoms with Crippen molar-refractivity contribution in [2.75, 3.05) is 11.9 Å². The highest BCUT2D eigenvalue weighted by Crippen LogP contribution is 2.26. The van der Waals surface area contributed by atoms with E-state index in [9.17, 15) is 4.39 Å². The number of rotatable bonds is 4. The zero-order chi connectivity index (χ0) is 12.8. The molecule has 2 rings (SSSR count). The topological polar surface area (TPSA) is 35.8 Å².